The topological polar surface area (TPSA) is 84.9 Å². The first-order chi connectivity index (χ1) is 18.9. The molecule has 5 aromatic rings. The van der Waals surface area contributed by atoms with E-state index < -0.39 is 11.2 Å². The predicted molar refractivity (Wildman–Crippen MR) is 156 cm³/mol. The van der Waals surface area contributed by atoms with Gasteiger partial charge in [0, 0.05) is 10.4 Å². The lowest BCUT2D eigenvalue weighted by molar-refractivity contribution is 0.0969. The number of aryl methyl sites for hydroxylation is 2. The van der Waals surface area contributed by atoms with E-state index in [9.17, 15) is 19.6 Å². The normalized spacial score (nSPS) is 11.0. The van der Waals surface area contributed by atoms with Gasteiger partial charge in [0.2, 0.25) is 0 Å². The number of rotatable bonds is 8. The maximum atomic E-state index is 13.7. The van der Waals surface area contributed by atoms with Gasteiger partial charge in [0.05, 0.1) is 30.1 Å². The van der Waals surface area contributed by atoms with Crippen molar-refractivity contribution >= 4 is 27.3 Å². The standard InChI is InChI=1S/C32H27N3O3S/c1-3-21-9-15-24(16-10-21)29(36)20-34-30(37)28-17-26(4-2)39-31(28)35(32(34)38)19-22-11-13-23(14-12-22)27-8-6-5-7-25(27)18-33/h5-17H,3-4,19-20H2,1-2H3. The molecule has 0 amide bonds. The Morgan fingerprint density at radius 3 is 2.23 bits per heavy atom. The largest absolute Gasteiger partial charge is 0.332 e. The Morgan fingerprint density at radius 1 is 0.872 bits per heavy atom. The minimum absolute atomic E-state index is 0.249. The number of carbonyl (C=O) groups excluding carboxylic acids is 1. The molecule has 2 heterocycles. The van der Waals surface area contributed by atoms with Crippen molar-refractivity contribution < 1.29 is 4.79 Å². The highest BCUT2D eigenvalue weighted by Crippen LogP contribution is 2.26. The number of hydrogen-bond donors (Lipinski definition) is 0. The Morgan fingerprint density at radius 2 is 1.56 bits per heavy atom. The van der Waals surface area contributed by atoms with Gasteiger partial charge in [-0.3, -0.25) is 18.7 Å². The Kier molecular flexibility index (Phi) is 7.40. The number of benzene rings is 3. The smallest absolute Gasteiger partial charge is 0.292 e. The van der Waals surface area contributed by atoms with Crippen LogP contribution in [0.25, 0.3) is 21.3 Å². The highest BCUT2D eigenvalue weighted by molar-refractivity contribution is 7.18. The fraction of sp³-hybridized carbons (Fsp3) is 0.188. The second kappa shape index (κ2) is 11.1. The van der Waals surface area contributed by atoms with Gasteiger partial charge in [0.1, 0.15) is 4.83 Å². The molecule has 0 saturated carbocycles. The van der Waals surface area contributed by atoms with Crippen LogP contribution in [0.3, 0.4) is 0 Å². The third kappa shape index (κ3) is 5.12. The predicted octanol–water partition coefficient (Wildman–Crippen LogP) is 5.82. The van der Waals surface area contributed by atoms with Gasteiger partial charge >= 0.3 is 5.69 Å². The molecule has 0 atom stereocenters. The van der Waals surface area contributed by atoms with Crippen LogP contribution >= 0.6 is 11.3 Å². The molecule has 0 bridgehead atoms. The Balaban J connectivity index is 1.54. The minimum Gasteiger partial charge on any atom is -0.292 e. The molecular weight excluding hydrogens is 506 g/mol. The highest BCUT2D eigenvalue weighted by Gasteiger charge is 2.19. The zero-order valence-electron chi connectivity index (χ0n) is 21.8. The Bertz CT molecular complexity index is 1840. The summed E-state index contributed by atoms with van der Waals surface area (Å²) in [6.45, 7) is 3.98. The van der Waals surface area contributed by atoms with E-state index in [1.165, 1.54) is 11.3 Å². The number of hydrogen-bond acceptors (Lipinski definition) is 5. The van der Waals surface area contributed by atoms with Crippen LogP contribution in [0.1, 0.15) is 45.8 Å². The molecule has 194 valence electrons. The van der Waals surface area contributed by atoms with Crippen molar-refractivity contribution in [2.45, 2.75) is 39.8 Å². The van der Waals surface area contributed by atoms with Gasteiger partial charge in [0.15, 0.2) is 5.78 Å². The van der Waals surface area contributed by atoms with E-state index in [0.29, 0.717) is 21.3 Å². The van der Waals surface area contributed by atoms with Gasteiger partial charge in [-0.05, 0) is 47.2 Å². The van der Waals surface area contributed by atoms with E-state index in [4.69, 9.17) is 0 Å². The summed E-state index contributed by atoms with van der Waals surface area (Å²) in [5.41, 5.74) is 3.85. The number of nitriles is 1. The van der Waals surface area contributed by atoms with Gasteiger partial charge in [-0.15, -0.1) is 11.3 Å². The summed E-state index contributed by atoms with van der Waals surface area (Å²) in [6, 6.07) is 26.4. The van der Waals surface area contributed by atoms with Gasteiger partial charge in [0.25, 0.3) is 5.56 Å². The van der Waals surface area contributed by atoms with Gasteiger partial charge < -0.3 is 0 Å². The number of aromatic nitrogens is 2. The Labute approximate surface area is 230 Å². The fourth-order valence-electron chi connectivity index (χ4n) is 4.67. The zero-order chi connectivity index (χ0) is 27.5. The van der Waals surface area contributed by atoms with Crippen molar-refractivity contribution in [3.8, 4) is 17.2 Å². The van der Waals surface area contributed by atoms with Crippen molar-refractivity contribution in [3.05, 3.63) is 127 Å². The van der Waals surface area contributed by atoms with E-state index in [2.05, 4.69) is 6.07 Å². The summed E-state index contributed by atoms with van der Waals surface area (Å²) in [4.78, 5) is 41.8. The second-order valence-corrected chi connectivity index (χ2v) is 10.5. The molecule has 2 aromatic heterocycles. The molecule has 0 aliphatic carbocycles. The lowest BCUT2D eigenvalue weighted by atomic mass is 9.99. The van der Waals surface area contributed by atoms with E-state index >= 15 is 0 Å². The summed E-state index contributed by atoms with van der Waals surface area (Å²) >= 11 is 1.43. The maximum absolute atomic E-state index is 13.7. The summed E-state index contributed by atoms with van der Waals surface area (Å²) in [6.07, 6.45) is 1.60. The van der Waals surface area contributed by atoms with Crippen LogP contribution in [0.4, 0.5) is 0 Å². The van der Waals surface area contributed by atoms with Crippen LogP contribution in [0.15, 0.2) is 88.5 Å². The number of Topliss-reactive ketones (excluding diaryl/α,β-unsaturated/α-hetero) is 1. The van der Waals surface area contributed by atoms with E-state index in [1.54, 1.807) is 22.8 Å². The summed E-state index contributed by atoms with van der Waals surface area (Å²) in [5, 5.41) is 9.90. The molecular formula is C32H27N3O3S. The molecule has 0 aliphatic heterocycles. The van der Waals surface area contributed by atoms with Gasteiger partial charge in [-0.25, -0.2) is 4.79 Å². The Hall–Kier alpha value is -4.54. The number of nitrogens with zero attached hydrogens (tertiary/aromatic N) is 3. The van der Waals surface area contributed by atoms with Crippen LogP contribution in [-0.2, 0) is 25.9 Å². The molecule has 0 radical (unpaired) electrons. The van der Waals surface area contributed by atoms with Gasteiger partial charge in [-0.1, -0.05) is 80.6 Å². The van der Waals surface area contributed by atoms with Crippen LogP contribution in [-0.4, -0.2) is 14.9 Å². The molecule has 0 aliphatic rings. The van der Waals surface area contributed by atoms with Crippen molar-refractivity contribution in [1.82, 2.24) is 9.13 Å². The van der Waals surface area contributed by atoms with Crippen LogP contribution < -0.4 is 11.2 Å². The fourth-order valence-corrected chi connectivity index (χ4v) is 5.75. The molecule has 0 N–H and O–H groups in total. The molecule has 0 spiro atoms. The maximum Gasteiger partial charge on any atom is 0.332 e. The molecule has 0 fully saturated rings. The summed E-state index contributed by atoms with van der Waals surface area (Å²) in [7, 11) is 0. The van der Waals surface area contributed by atoms with Crippen molar-refractivity contribution in [1.29, 1.82) is 5.26 Å². The molecule has 3 aromatic carbocycles. The SMILES string of the molecule is CCc1ccc(C(=O)Cn2c(=O)c3cc(CC)sc3n(Cc3ccc(-c4ccccc4C#N)cc3)c2=O)cc1. The molecule has 0 unspecified atom stereocenters. The first-order valence-electron chi connectivity index (χ1n) is 12.9. The molecule has 6 nitrogen and oxygen atoms in total. The second-order valence-electron chi connectivity index (χ2n) is 9.37. The number of fused-ring (bicyclic) bond motifs is 1. The van der Waals surface area contributed by atoms with Crippen molar-refractivity contribution in [2.24, 2.45) is 0 Å². The summed E-state index contributed by atoms with van der Waals surface area (Å²) in [5.74, 6) is -0.283. The highest BCUT2D eigenvalue weighted by atomic mass is 32.1. The first kappa shape index (κ1) is 26.1. The summed E-state index contributed by atoms with van der Waals surface area (Å²) < 4.78 is 2.65. The molecule has 0 saturated heterocycles. The third-order valence-electron chi connectivity index (χ3n) is 6.93. The van der Waals surface area contributed by atoms with Gasteiger partial charge in [-0.2, -0.15) is 5.26 Å². The monoisotopic (exact) mass is 533 g/mol. The molecule has 5 rings (SSSR count). The first-order valence-corrected chi connectivity index (χ1v) is 13.7. The number of thiophene rings is 1. The van der Waals surface area contributed by atoms with Crippen LogP contribution in [0.5, 0.6) is 0 Å². The number of carbonyl (C=O) groups is 1. The lowest BCUT2D eigenvalue weighted by Crippen LogP contribution is -2.41. The lowest BCUT2D eigenvalue weighted by Gasteiger charge is -2.13. The van der Waals surface area contributed by atoms with Crippen molar-refractivity contribution in [3.63, 3.8) is 0 Å². The van der Waals surface area contributed by atoms with E-state index in [0.717, 1.165) is 44.5 Å². The zero-order valence-corrected chi connectivity index (χ0v) is 22.6. The average Bonchev–Trinajstić information content (AvgIpc) is 3.42. The van der Waals surface area contributed by atoms with Crippen LogP contribution in [0, 0.1) is 11.3 Å². The van der Waals surface area contributed by atoms with E-state index in [-0.39, 0.29) is 18.9 Å². The van der Waals surface area contributed by atoms with Crippen molar-refractivity contribution in [2.75, 3.05) is 0 Å². The molecule has 39 heavy (non-hydrogen) atoms. The quantitative estimate of drug-likeness (QED) is 0.235. The number of ketones is 1. The van der Waals surface area contributed by atoms with Crippen LogP contribution in [0.2, 0.25) is 0 Å². The third-order valence-corrected chi connectivity index (χ3v) is 8.24. The molecule has 7 heteroatoms. The minimum atomic E-state index is -0.505. The van der Waals surface area contributed by atoms with E-state index in [1.807, 2.05) is 74.5 Å². The average molecular weight is 534 g/mol.